The van der Waals surface area contributed by atoms with Gasteiger partial charge in [0.05, 0.1) is 12.5 Å². The van der Waals surface area contributed by atoms with Gasteiger partial charge in [0, 0.05) is 0 Å². The van der Waals surface area contributed by atoms with E-state index in [2.05, 4.69) is 11.2 Å². The second-order valence-corrected chi connectivity index (χ2v) is 2.99. The summed E-state index contributed by atoms with van der Waals surface area (Å²) >= 11 is 0. The molecule has 16 heavy (non-hydrogen) atoms. The van der Waals surface area contributed by atoms with Crippen molar-refractivity contribution in [3.05, 3.63) is 0 Å². The zero-order chi connectivity index (χ0) is 12.7. The molecule has 2 atom stereocenters. The molecule has 0 bridgehead atoms. The molecule has 0 radical (unpaired) electrons. The second-order valence-electron chi connectivity index (χ2n) is 2.99. The minimum atomic E-state index is -1.48. The van der Waals surface area contributed by atoms with Crippen LogP contribution in [-0.4, -0.2) is 40.3 Å². The van der Waals surface area contributed by atoms with Gasteiger partial charge in [0.15, 0.2) is 0 Å². The van der Waals surface area contributed by atoms with Gasteiger partial charge in [0.25, 0.3) is 0 Å². The average molecular weight is 228 g/mol. The highest BCUT2D eigenvalue weighted by Crippen LogP contribution is 1.93. The summed E-state index contributed by atoms with van der Waals surface area (Å²) in [6.45, 7) is 1.52. The number of terminal acetylenes is 1. The number of carbonyl (C=O) groups is 3. The summed E-state index contributed by atoms with van der Waals surface area (Å²) in [6, 6.07) is -2.87. The largest absolute Gasteiger partial charge is 0.481 e. The van der Waals surface area contributed by atoms with Crippen molar-refractivity contribution in [3.8, 4) is 12.3 Å². The van der Waals surface area contributed by atoms with Gasteiger partial charge in [-0.15, -0.1) is 6.42 Å². The maximum absolute atomic E-state index is 11.1. The smallest absolute Gasteiger partial charge is 0.326 e. The predicted octanol–water partition coefficient (Wildman–Crippen LogP) is -0.765. The van der Waals surface area contributed by atoms with Crippen LogP contribution in [-0.2, 0) is 9.59 Å². The number of carboxylic acid groups (broad SMARTS) is 2. The van der Waals surface area contributed by atoms with Crippen LogP contribution in [0.4, 0.5) is 4.79 Å². The van der Waals surface area contributed by atoms with Crippen molar-refractivity contribution in [2.24, 2.45) is 0 Å². The lowest BCUT2D eigenvalue weighted by atomic mass is 10.2. The topological polar surface area (TPSA) is 116 Å². The first-order valence-corrected chi connectivity index (χ1v) is 4.34. The van der Waals surface area contributed by atoms with Crippen LogP contribution in [0, 0.1) is 12.3 Å². The molecule has 0 aromatic carbocycles. The predicted molar refractivity (Wildman–Crippen MR) is 53.6 cm³/mol. The molecule has 0 saturated heterocycles. The van der Waals surface area contributed by atoms with Gasteiger partial charge in [-0.1, -0.05) is 5.92 Å². The zero-order valence-electron chi connectivity index (χ0n) is 8.56. The molecule has 0 spiro atoms. The Kier molecular flexibility index (Phi) is 5.41. The Morgan fingerprint density at radius 3 is 2.25 bits per heavy atom. The van der Waals surface area contributed by atoms with Gasteiger partial charge >= 0.3 is 18.0 Å². The number of carbonyl (C=O) groups excluding carboxylic acids is 1. The maximum Gasteiger partial charge on any atom is 0.326 e. The van der Waals surface area contributed by atoms with Crippen LogP contribution < -0.4 is 10.6 Å². The van der Waals surface area contributed by atoms with Crippen molar-refractivity contribution in [2.75, 3.05) is 0 Å². The van der Waals surface area contributed by atoms with E-state index in [0.717, 1.165) is 0 Å². The van der Waals surface area contributed by atoms with Gasteiger partial charge in [-0.25, -0.2) is 9.59 Å². The van der Waals surface area contributed by atoms with E-state index in [-0.39, 0.29) is 0 Å². The molecule has 7 heteroatoms. The van der Waals surface area contributed by atoms with Crippen LogP contribution in [0.2, 0.25) is 0 Å². The molecular formula is C9H12N2O5. The third-order valence-corrected chi connectivity index (χ3v) is 1.58. The minimum absolute atomic E-state index is 0.570. The van der Waals surface area contributed by atoms with Crippen LogP contribution >= 0.6 is 0 Å². The number of hydrogen-bond acceptors (Lipinski definition) is 3. The lowest BCUT2D eigenvalue weighted by molar-refractivity contribution is -0.145. The van der Waals surface area contributed by atoms with Crippen molar-refractivity contribution in [3.63, 3.8) is 0 Å². The Morgan fingerprint density at radius 2 is 1.88 bits per heavy atom. The van der Waals surface area contributed by atoms with Gasteiger partial charge in [0.2, 0.25) is 0 Å². The van der Waals surface area contributed by atoms with Crippen molar-refractivity contribution in [1.29, 1.82) is 0 Å². The van der Waals surface area contributed by atoms with E-state index >= 15 is 0 Å². The molecule has 0 fully saturated rings. The van der Waals surface area contributed by atoms with Crippen molar-refractivity contribution < 1.29 is 24.6 Å². The molecule has 0 aromatic heterocycles. The van der Waals surface area contributed by atoms with Gasteiger partial charge in [-0.3, -0.25) is 4.79 Å². The molecule has 0 aliphatic rings. The van der Waals surface area contributed by atoms with Gasteiger partial charge in [-0.05, 0) is 6.92 Å². The summed E-state index contributed by atoms with van der Waals surface area (Å²) in [4.78, 5) is 32.0. The molecule has 0 heterocycles. The first-order valence-electron chi connectivity index (χ1n) is 4.34. The Bertz CT molecular complexity index is 333. The molecular weight excluding hydrogens is 216 g/mol. The van der Waals surface area contributed by atoms with E-state index < -0.39 is 36.5 Å². The third-order valence-electron chi connectivity index (χ3n) is 1.58. The normalized spacial score (nSPS) is 13.0. The van der Waals surface area contributed by atoms with E-state index in [1.54, 1.807) is 0 Å². The summed E-state index contributed by atoms with van der Waals surface area (Å²) in [5.74, 6) is -0.543. The van der Waals surface area contributed by atoms with E-state index in [1.165, 1.54) is 6.92 Å². The van der Waals surface area contributed by atoms with Gasteiger partial charge in [-0.2, -0.15) is 0 Å². The van der Waals surface area contributed by atoms with Gasteiger partial charge < -0.3 is 20.8 Å². The zero-order valence-corrected chi connectivity index (χ0v) is 8.56. The number of hydrogen-bond donors (Lipinski definition) is 4. The van der Waals surface area contributed by atoms with Crippen LogP contribution in [0.3, 0.4) is 0 Å². The van der Waals surface area contributed by atoms with Gasteiger partial charge in [0.1, 0.15) is 6.04 Å². The average Bonchev–Trinajstić information content (AvgIpc) is 2.15. The Morgan fingerprint density at radius 1 is 1.31 bits per heavy atom. The van der Waals surface area contributed by atoms with Crippen LogP contribution in [0.15, 0.2) is 0 Å². The summed E-state index contributed by atoms with van der Waals surface area (Å²) in [5, 5.41) is 21.3. The molecule has 88 valence electrons. The van der Waals surface area contributed by atoms with E-state index in [0.29, 0.717) is 0 Å². The van der Waals surface area contributed by atoms with Crippen molar-refractivity contribution >= 4 is 18.0 Å². The molecule has 4 N–H and O–H groups in total. The summed E-state index contributed by atoms with van der Waals surface area (Å²) in [5.41, 5.74) is 0. The summed E-state index contributed by atoms with van der Waals surface area (Å²) < 4.78 is 0. The van der Waals surface area contributed by atoms with Crippen molar-refractivity contribution in [1.82, 2.24) is 10.6 Å². The quantitative estimate of drug-likeness (QED) is 0.461. The maximum atomic E-state index is 11.1. The number of amides is 2. The Balaban J connectivity index is 4.30. The third kappa shape index (κ3) is 5.49. The lowest BCUT2D eigenvalue weighted by Gasteiger charge is -2.14. The fraction of sp³-hybridized carbons (Fsp3) is 0.444. The SMILES string of the molecule is C#CC(C)NC(=O)NC(CC(=O)O)C(=O)O. The summed E-state index contributed by atoms with van der Waals surface area (Å²) in [6.07, 6.45) is 4.29. The minimum Gasteiger partial charge on any atom is -0.481 e. The Hall–Kier alpha value is -2.23. The molecule has 0 saturated carbocycles. The Labute approximate surface area is 91.8 Å². The molecule has 0 aliphatic heterocycles. The molecule has 2 amide bonds. The fourth-order valence-corrected chi connectivity index (χ4v) is 0.813. The fourth-order valence-electron chi connectivity index (χ4n) is 0.813. The van der Waals surface area contributed by atoms with E-state index in [9.17, 15) is 14.4 Å². The number of nitrogens with one attached hydrogen (secondary N) is 2. The number of aliphatic carboxylic acids is 2. The number of carboxylic acids is 2. The first-order chi connectivity index (χ1) is 7.36. The van der Waals surface area contributed by atoms with Crippen molar-refractivity contribution in [2.45, 2.75) is 25.4 Å². The summed E-state index contributed by atoms with van der Waals surface area (Å²) in [7, 11) is 0. The molecule has 0 rings (SSSR count). The van der Waals surface area contributed by atoms with Crippen LogP contribution in [0.5, 0.6) is 0 Å². The van der Waals surface area contributed by atoms with Crippen LogP contribution in [0.25, 0.3) is 0 Å². The van der Waals surface area contributed by atoms with Crippen LogP contribution in [0.1, 0.15) is 13.3 Å². The van der Waals surface area contributed by atoms with E-state index in [4.69, 9.17) is 16.6 Å². The molecule has 0 aromatic rings. The second kappa shape index (κ2) is 6.29. The molecule has 0 aliphatic carbocycles. The van der Waals surface area contributed by atoms with E-state index in [1.807, 2.05) is 5.32 Å². The standard InChI is InChI=1S/C9H12N2O5/c1-3-5(2)10-9(16)11-6(8(14)15)4-7(12)13/h1,5-6H,4H2,2H3,(H,12,13)(H,14,15)(H2,10,11,16). The highest BCUT2D eigenvalue weighted by atomic mass is 16.4. The highest BCUT2D eigenvalue weighted by Gasteiger charge is 2.23. The highest BCUT2D eigenvalue weighted by molar-refractivity contribution is 5.86. The lowest BCUT2D eigenvalue weighted by Crippen LogP contribution is -2.48. The number of urea groups is 1. The molecule has 7 nitrogen and oxygen atoms in total. The monoisotopic (exact) mass is 228 g/mol. The first kappa shape index (κ1) is 13.8. The molecule has 2 unspecified atom stereocenters. The number of rotatable bonds is 5.